The molecule has 0 spiro atoms. The number of rotatable bonds is 3. The van der Waals surface area contributed by atoms with Crippen LogP contribution < -0.4 is 0 Å². The first-order valence-electron chi connectivity index (χ1n) is 8.44. The van der Waals surface area contributed by atoms with Crippen molar-refractivity contribution in [1.29, 1.82) is 0 Å². The van der Waals surface area contributed by atoms with Gasteiger partial charge in [-0.05, 0) is 31.4 Å². The maximum atomic E-state index is 12.4. The second-order valence-electron chi connectivity index (χ2n) is 6.39. The number of nitrogens with zero attached hydrogens (tertiary/aromatic N) is 3. The van der Waals surface area contributed by atoms with E-state index in [0.717, 1.165) is 74.4 Å². The van der Waals surface area contributed by atoms with Gasteiger partial charge < -0.3 is 9.88 Å². The van der Waals surface area contributed by atoms with Gasteiger partial charge in [-0.1, -0.05) is 18.2 Å². The minimum Gasteiger partial charge on any atom is -0.341 e. The molecule has 2 heterocycles. The third-order valence-corrected chi connectivity index (χ3v) is 4.79. The lowest BCUT2D eigenvalue weighted by atomic mass is 10.2. The van der Waals surface area contributed by atoms with Gasteiger partial charge in [0.15, 0.2) is 0 Å². The third kappa shape index (κ3) is 3.01. The predicted molar refractivity (Wildman–Crippen MR) is 89.9 cm³/mol. The van der Waals surface area contributed by atoms with E-state index in [4.69, 9.17) is 0 Å². The summed E-state index contributed by atoms with van der Waals surface area (Å²) >= 11 is 0. The number of hydrogen-bond donors (Lipinski definition) is 1. The molecule has 1 aromatic carbocycles. The number of aromatic amines is 1. The summed E-state index contributed by atoms with van der Waals surface area (Å²) < 4.78 is 0. The Labute approximate surface area is 136 Å². The highest BCUT2D eigenvalue weighted by Crippen LogP contribution is 2.20. The molecule has 0 radical (unpaired) electrons. The van der Waals surface area contributed by atoms with Gasteiger partial charge in [0.25, 0.3) is 0 Å². The van der Waals surface area contributed by atoms with Crippen molar-refractivity contribution in [2.45, 2.75) is 25.8 Å². The van der Waals surface area contributed by atoms with Crippen molar-refractivity contribution in [1.82, 2.24) is 19.8 Å². The Balaban J connectivity index is 1.35. The number of imidazole rings is 1. The minimum absolute atomic E-state index is 0.255. The van der Waals surface area contributed by atoms with E-state index >= 15 is 0 Å². The molecule has 0 saturated carbocycles. The summed E-state index contributed by atoms with van der Waals surface area (Å²) in [7, 11) is 0. The number of para-hydroxylation sites is 2. The molecule has 0 atom stereocenters. The molecular weight excluding hydrogens is 288 g/mol. The van der Waals surface area contributed by atoms with E-state index in [1.54, 1.807) is 0 Å². The third-order valence-electron chi connectivity index (χ3n) is 4.79. The van der Waals surface area contributed by atoms with Crippen LogP contribution in [0, 0.1) is 0 Å². The molecule has 4 rings (SSSR count). The van der Waals surface area contributed by atoms with E-state index in [-0.39, 0.29) is 5.91 Å². The van der Waals surface area contributed by atoms with Crippen LogP contribution in [0.4, 0.5) is 0 Å². The van der Waals surface area contributed by atoms with Crippen LogP contribution in [0.2, 0.25) is 0 Å². The van der Waals surface area contributed by atoms with E-state index in [2.05, 4.69) is 27.0 Å². The smallest absolute Gasteiger partial charge is 0.249 e. The fraction of sp³-hybridized carbons (Fsp3) is 0.444. The number of benzene rings is 1. The van der Waals surface area contributed by atoms with Crippen molar-refractivity contribution in [2.24, 2.45) is 0 Å². The first-order chi connectivity index (χ1) is 11.3. The molecule has 0 bridgehead atoms. The van der Waals surface area contributed by atoms with Gasteiger partial charge >= 0.3 is 0 Å². The maximum Gasteiger partial charge on any atom is 0.249 e. The molecule has 1 aliphatic carbocycles. The van der Waals surface area contributed by atoms with Gasteiger partial charge in [-0.15, -0.1) is 0 Å². The van der Waals surface area contributed by atoms with Gasteiger partial charge in [0.1, 0.15) is 5.82 Å². The number of aromatic nitrogens is 2. The first kappa shape index (κ1) is 14.5. The molecule has 1 N–H and O–H groups in total. The lowest BCUT2D eigenvalue weighted by Crippen LogP contribution is -2.48. The fourth-order valence-corrected chi connectivity index (χ4v) is 3.47. The number of fused-ring (bicyclic) bond motifs is 1. The highest BCUT2D eigenvalue weighted by atomic mass is 16.2. The van der Waals surface area contributed by atoms with Crippen LogP contribution in [-0.2, 0) is 11.3 Å². The number of amides is 1. The van der Waals surface area contributed by atoms with Gasteiger partial charge in [-0.25, -0.2) is 4.98 Å². The Morgan fingerprint density at radius 3 is 2.74 bits per heavy atom. The monoisotopic (exact) mass is 310 g/mol. The zero-order valence-electron chi connectivity index (χ0n) is 13.3. The van der Waals surface area contributed by atoms with Crippen LogP contribution in [-0.4, -0.2) is 51.9 Å². The number of nitrogens with one attached hydrogen (secondary N) is 1. The van der Waals surface area contributed by atoms with Crippen LogP contribution in [0.3, 0.4) is 0 Å². The van der Waals surface area contributed by atoms with Gasteiger partial charge in [-0.2, -0.15) is 0 Å². The summed E-state index contributed by atoms with van der Waals surface area (Å²) in [6, 6.07) is 8.11. The van der Waals surface area contributed by atoms with Crippen LogP contribution in [0.1, 0.15) is 25.1 Å². The number of carbonyl (C=O) groups excluding carboxylic acids is 1. The number of hydrogen-bond acceptors (Lipinski definition) is 3. The molecule has 2 aliphatic rings. The van der Waals surface area contributed by atoms with Crippen molar-refractivity contribution in [3.63, 3.8) is 0 Å². The molecule has 1 aromatic heterocycles. The number of H-pyrrole nitrogens is 1. The second-order valence-corrected chi connectivity index (χ2v) is 6.39. The van der Waals surface area contributed by atoms with Crippen molar-refractivity contribution in [3.8, 4) is 0 Å². The topological polar surface area (TPSA) is 52.2 Å². The lowest BCUT2D eigenvalue weighted by molar-refractivity contribution is -0.129. The first-order valence-corrected chi connectivity index (χ1v) is 8.44. The van der Waals surface area contributed by atoms with Gasteiger partial charge in [0.2, 0.25) is 5.91 Å². The molecule has 5 heteroatoms. The number of piperazine rings is 1. The standard InChI is InChI=1S/C18H22N4O/c23-18(14-5-1-2-6-14)22-11-9-21(10-12-22)13-17-19-15-7-3-4-8-16(15)20-17/h3-5,7-8H,1-2,6,9-13H2,(H,19,20). The van der Waals surface area contributed by atoms with Crippen molar-refractivity contribution in [3.05, 3.63) is 41.7 Å². The summed E-state index contributed by atoms with van der Waals surface area (Å²) in [4.78, 5) is 24.8. The summed E-state index contributed by atoms with van der Waals surface area (Å²) in [6.07, 6.45) is 5.27. The molecule has 23 heavy (non-hydrogen) atoms. The molecule has 2 aromatic rings. The van der Waals surface area contributed by atoms with Gasteiger partial charge in [-0.3, -0.25) is 9.69 Å². The molecule has 1 fully saturated rings. The molecular formula is C18H22N4O. The van der Waals surface area contributed by atoms with E-state index in [1.165, 1.54) is 0 Å². The molecule has 0 unspecified atom stereocenters. The minimum atomic E-state index is 0.255. The van der Waals surface area contributed by atoms with Crippen molar-refractivity contribution in [2.75, 3.05) is 26.2 Å². The predicted octanol–water partition coefficient (Wildman–Crippen LogP) is 2.32. The summed E-state index contributed by atoms with van der Waals surface area (Å²) in [5.41, 5.74) is 3.13. The van der Waals surface area contributed by atoms with E-state index < -0.39 is 0 Å². The molecule has 1 amide bonds. The highest BCUT2D eigenvalue weighted by molar-refractivity contribution is 5.93. The van der Waals surface area contributed by atoms with E-state index in [0.29, 0.717) is 0 Å². The van der Waals surface area contributed by atoms with E-state index in [9.17, 15) is 4.79 Å². The molecule has 5 nitrogen and oxygen atoms in total. The molecule has 1 aliphatic heterocycles. The van der Waals surface area contributed by atoms with Crippen molar-refractivity contribution < 1.29 is 4.79 Å². The Morgan fingerprint density at radius 2 is 2.00 bits per heavy atom. The molecule has 120 valence electrons. The normalized spacial score (nSPS) is 19.3. The van der Waals surface area contributed by atoms with Crippen LogP contribution in [0.15, 0.2) is 35.9 Å². The summed E-state index contributed by atoms with van der Waals surface area (Å²) in [6.45, 7) is 4.28. The number of allylic oxidation sites excluding steroid dienone is 1. The average Bonchev–Trinajstić information content (AvgIpc) is 3.24. The summed E-state index contributed by atoms with van der Waals surface area (Å²) in [5.74, 6) is 1.26. The zero-order chi connectivity index (χ0) is 15.6. The Bertz CT molecular complexity index is 707. The van der Waals surface area contributed by atoms with Crippen LogP contribution >= 0.6 is 0 Å². The average molecular weight is 310 g/mol. The van der Waals surface area contributed by atoms with Gasteiger partial charge in [0.05, 0.1) is 17.6 Å². The maximum absolute atomic E-state index is 12.4. The zero-order valence-corrected chi connectivity index (χ0v) is 13.3. The molecule has 1 saturated heterocycles. The summed E-state index contributed by atoms with van der Waals surface area (Å²) in [5, 5.41) is 0. The van der Waals surface area contributed by atoms with Crippen molar-refractivity contribution >= 4 is 16.9 Å². The van der Waals surface area contributed by atoms with Crippen LogP contribution in [0.25, 0.3) is 11.0 Å². The van der Waals surface area contributed by atoms with Gasteiger partial charge in [0, 0.05) is 31.8 Å². The fourth-order valence-electron chi connectivity index (χ4n) is 3.47. The second kappa shape index (κ2) is 6.16. The Kier molecular flexibility index (Phi) is 3.87. The SMILES string of the molecule is O=C(C1=CCCC1)N1CCN(Cc2nc3ccccc3[nH]2)CC1. The quantitative estimate of drug-likeness (QED) is 0.946. The van der Waals surface area contributed by atoms with E-state index in [1.807, 2.05) is 23.1 Å². The highest BCUT2D eigenvalue weighted by Gasteiger charge is 2.24. The Morgan fingerprint density at radius 1 is 1.17 bits per heavy atom. The van der Waals surface area contributed by atoms with Crippen LogP contribution in [0.5, 0.6) is 0 Å². The largest absolute Gasteiger partial charge is 0.341 e. The lowest BCUT2D eigenvalue weighted by Gasteiger charge is -2.34. The number of carbonyl (C=O) groups is 1. The Hall–Kier alpha value is -2.14.